The molecule has 1 rings (SSSR count). The molecule has 4 N–H and O–H groups in total. The number of rotatable bonds is 2. The van der Waals surface area contributed by atoms with Crippen LogP contribution in [0.2, 0.25) is 0 Å². The molecule has 0 aliphatic carbocycles. The maximum absolute atomic E-state index is 10.6. The zero-order chi connectivity index (χ0) is 7.56. The summed E-state index contributed by atoms with van der Waals surface area (Å²) in [5.74, 6) is -0.466. The zero-order valence-corrected chi connectivity index (χ0v) is 5.71. The smallest absolute Gasteiger partial charge is 0.222 e. The Morgan fingerprint density at radius 3 is 2.80 bits per heavy atom. The third-order valence-corrected chi connectivity index (χ3v) is 1.94. The van der Waals surface area contributed by atoms with Crippen molar-refractivity contribution in [3.8, 4) is 0 Å². The second-order valence-corrected chi connectivity index (χ2v) is 2.61. The predicted molar refractivity (Wildman–Crippen MR) is 36.1 cm³/mol. The molecule has 1 saturated heterocycles. The van der Waals surface area contributed by atoms with Crippen molar-refractivity contribution in [3.63, 3.8) is 0 Å². The van der Waals surface area contributed by atoms with E-state index in [0.717, 1.165) is 0 Å². The van der Waals surface area contributed by atoms with E-state index in [1.807, 2.05) is 0 Å². The van der Waals surface area contributed by atoms with E-state index in [-0.39, 0.29) is 24.3 Å². The number of nitrogens with one attached hydrogen (secondary N) is 1. The van der Waals surface area contributed by atoms with E-state index in [1.165, 1.54) is 0 Å². The number of nitrogens with two attached hydrogens (primary N) is 1. The Morgan fingerprint density at radius 2 is 2.40 bits per heavy atom. The number of carbonyl (C=O) groups is 1. The summed E-state index contributed by atoms with van der Waals surface area (Å²) in [5, 5.41) is 11.7. The van der Waals surface area contributed by atoms with Gasteiger partial charge >= 0.3 is 0 Å². The van der Waals surface area contributed by atoms with Crippen molar-refractivity contribution in [1.29, 1.82) is 0 Å². The molecule has 4 nitrogen and oxygen atoms in total. The molecule has 0 bridgehead atoms. The quantitative estimate of drug-likeness (QED) is 0.432. The highest BCUT2D eigenvalue weighted by Gasteiger charge is 2.30. The van der Waals surface area contributed by atoms with Crippen molar-refractivity contribution < 1.29 is 9.90 Å². The van der Waals surface area contributed by atoms with E-state index in [0.29, 0.717) is 13.1 Å². The molecule has 2 atom stereocenters. The lowest BCUT2D eigenvalue weighted by Gasteiger charge is -2.10. The van der Waals surface area contributed by atoms with Gasteiger partial charge in [0, 0.05) is 25.6 Å². The molecule has 1 aliphatic rings. The zero-order valence-electron chi connectivity index (χ0n) is 5.71. The monoisotopic (exact) mass is 144 g/mol. The Balaban J connectivity index is 2.50. The minimum atomic E-state index is -0.316. The third-order valence-electron chi connectivity index (χ3n) is 1.94. The van der Waals surface area contributed by atoms with Gasteiger partial charge in [0.25, 0.3) is 0 Å². The maximum atomic E-state index is 10.6. The van der Waals surface area contributed by atoms with Gasteiger partial charge in [-0.1, -0.05) is 0 Å². The van der Waals surface area contributed by atoms with Crippen LogP contribution >= 0.6 is 0 Å². The molecule has 58 valence electrons. The molecule has 0 aromatic carbocycles. The molecule has 0 aromatic heterocycles. The van der Waals surface area contributed by atoms with E-state index in [4.69, 9.17) is 10.8 Å². The van der Waals surface area contributed by atoms with E-state index in [1.54, 1.807) is 0 Å². The molecule has 4 heteroatoms. The summed E-state index contributed by atoms with van der Waals surface area (Å²) < 4.78 is 0. The number of carbonyl (C=O) groups excluding carboxylic acids is 1. The molecular weight excluding hydrogens is 132 g/mol. The van der Waals surface area contributed by atoms with E-state index in [2.05, 4.69) is 5.32 Å². The lowest BCUT2D eigenvalue weighted by molar-refractivity contribution is -0.122. The number of amides is 1. The molecule has 1 heterocycles. The normalized spacial score (nSPS) is 32.5. The maximum Gasteiger partial charge on any atom is 0.222 e. The molecule has 0 aromatic rings. The van der Waals surface area contributed by atoms with Gasteiger partial charge in [0.15, 0.2) is 0 Å². The van der Waals surface area contributed by atoms with Crippen LogP contribution in [0.25, 0.3) is 0 Å². The van der Waals surface area contributed by atoms with Gasteiger partial charge in [-0.3, -0.25) is 4.79 Å². The Morgan fingerprint density at radius 1 is 1.70 bits per heavy atom. The summed E-state index contributed by atoms with van der Waals surface area (Å²) >= 11 is 0. The summed E-state index contributed by atoms with van der Waals surface area (Å²) in [6.07, 6.45) is 0. The minimum Gasteiger partial charge on any atom is -0.396 e. The van der Waals surface area contributed by atoms with Crippen molar-refractivity contribution in [3.05, 3.63) is 0 Å². The standard InChI is InChI=1S/C6H12N2O2/c7-6(10)5-2-8-1-4(5)3-9/h4-5,8-9H,1-3H2,(H2,7,10). The van der Waals surface area contributed by atoms with Crippen molar-refractivity contribution in [2.45, 2.75) is 0 Å². The summed E-state index contributed by atoms with van der Waals surface area (Å²) in [6, 6.07) is 0. The van der Waals surface area contributed by atoms with E-state index >= 15 is 0 Å². The fraction of sp³-hybridized carbons (Fsp3) is 0.833. The van der Waals surface area contributed by atoms with Crippen LogP contribution in [0.3, 0.4) is 0 Å². The fourth-order valence-electron chi connectivity index (χ4n) is 1.26. The number of aliphatic hydroxyl groups is 1. The van der Waals surface area contributed by atoms with Crippen LogP contribution in [0.4, 0.5) is 0 Å². The van der Waals surface area contributed by atoms with Crippen molar-refractivity contribution >= 4 is 5.91 Å². The Kier molecular flexibility index (Phi) is 2.24. The molecule has 0 radical (unpaired) electrons. The number of hydrogen-bond acceptors (Lipinski definition) is 3. The highest BCUT2D eigenvalue weighted by molar-refractivity contribution is 5.77. The van der Waals surface area contributed by atoms with E-state index < -0.39 is 0 Å². The molecule has 0 saturated carbocycles. The highest BCUT2D eigenvalue weighted by Crippen LogP contribution is 2.14. The largest absolute Gasteiger partial charge is 0.396 e. The second-order valence-electron chi connectivity index (χ2n) is 2.61. The van der Waals surface area contributed by atoms with Crippen molar-refractivity contribution in [2.75, 3.05) is 19.7 Å². The van der Waals surface area contributed by atoms with Gasteiger partial charge in [-0.25, -0.2) is 0 Å². The van der Waals surface area contributed by atoms with Crippen LogP contribution < -0.4 is 11.1 Å². The number of aliphatic hydroxyl groups excluding tert-OH is 1. The van der Waals surface area contributed by atoms with Crippen molar-refractivity contribution in [2.24, 2.45) is 17.6 Å². The van der Waals surface area contributed by atoms with Crippen LogP contribution in [0.1, 0.15) is 0 Å². The lowest BCUT2D eigenvalue weighted by atomic mass is 9.97. The van der Waals surface area contributed by atoms with Crippen LogP contribution in [0.5, 0.6) is 0 Å². The number of hydrogen-bond donors (Lipinski definition) is 3. The first-order valence-electron chi connectivity index (χ1n) is 3.36. The topological polar surface area (TPSA) is 75.4 Å². The SMILES string of the molecule is NC(=O)C1CNCC1CO. The van der Waals surface area contributed by atoms with Crippen molar-refractivity contribution in [1.82, 2.24) is 5.32 Å². The molecule has 1 fully saturated rings. The first kappa shape index (κ1) is 7.50. The van der Waals surface area contributed by atoms with Crippen LogP contribution in [-0.2, 0) is 4.79 Å². The van der Waals surface area contributed by atoms with Gasteiger partial charge in [0.05, 0.1) is 5.92 Å². The van der Waals surface area contributed by atoms with Gasteiger partial charge in [-0.2, -0.15) is 0 Å². The minimum absolute atomic E-state index is 0.0255. The van der Waals surface area contributed by atoms with Gasteiger partial charge in [0.2, 0.25) is 5.91 Å². The third kappa shape index (κ3) is 1.27. The van der Waals surface area contributed by atoms with Crippen LogP contribution in [-0.4, -0.2) is 30.7 Å². The highest BCUT2D eigenvalue weighted by atomic mass is 16.3. The molecule has 10 heavy (non-hydrogen) atoms. The summed E-state index contributed by atoms with van der Waals surface area (Å²) in [4.78, 5) is 10.6. The van der Waals surface area contributed by atoms with E-state index in [9.17, 15) is 4.79 Å². The summed E-state index contributed by atoms with van der Waals surface area (Å²) in [5.41, 5.74) is 5.07. The molecule has 2 unspecified atom stereocenters. The Bertz CT molecular complexity index is 138. The summed E-state index contributed by atoms with van der Waals surface area (Å²) in [6.45, 7) is 1.35. The summed E-state index contributed by atoms with van der Waals surface area (Å²) in [7, 11) is 0. The van der Waals surface area contributed by atoms with Crippen LogP contribution in [0, 0.1) is 11.8 Å². The second kappa shape index (κ2) is 2.98. The lowest BCUT2D eigenvalue weighted by Crippen LogP contribution is -2.30. The molecule has 1 aliphatic heterocycles. The van der Waals surface area contributed by atoms with Gasteiger partial charge < -0.3 is 16.2 Å². The Labute approximate surface area is 59.4 Å². The molecule has 1 amide bonds. The number of primary amides is 1. The van der Waals surface area contributed by atoms with Gasteiger partial charge in [-0.15, -0.1) is 0 Å². The average Bonchev–Trinajstić information content (AvgIpc) is 2.33. The average molecular weight is 144 g/mol. The first-order valence-corrected chi connectivity index (χ1v) is 3.36. The van der Waals surface area contributed by atoms with Gasteiger partial charge in [-0.05, 0) is 0 Å². The first-order chi connectivity index (χ1) is 4.75. The van der Waals surface area contributed by atoms with Gasteiger partial charge in [0.1, 0.15) is 0 Å². The fourth-order valence-corrected chi connectivity index (χ4v) is 1.26. The molecular formula is C6H12N2O2. The molecule has 0 spiro atoms. The van der Waals surface area contributed by atoms with Crippen LogP contribution in [0.15, 0.2) is 0 Å². The Hall–Kier alpha value is -0.610. The predicted octanol–water partition coefficient (Wildman–Crippen LogP) is -1.70.